The van der Waals surface area contributed by atoms with Crippen LogP contribution in [0.3, 0.4) is 0 Å². The highest BCUT2D eigenvalue weighted by molar-refractivity contribution is 5.56. The lowest BCUT2D eigenvalue weighted by Crippen LogP contribution is -2.37. The summed E-state index contributed by atoms with van der Waals surface area (Å²) in [6, 6.07) is 31.2. The Balaban J connectivity index is 1.68. The molecular formula is C25H22O2. The zero-order valence-corrected chi connectivity index (χ0v) is 15.2. The molecule has 3 aromatic rings. The molecule has 2 aliphatic rings. The highest BCUT2D eigenvalue weighted by Crippen LogP contribution is 2.59. The molecule has 2 saturated heterocycles. The van der Waals surface area contributed by atoms with Crippen molar-refractivity contribution < 1.29 is 9.47 Å². The summed E-state index contributed by atoms with van der Waals surface area (Å²) in [6.07, 6.45) is 4.97. The van der Waals surface area contributed by atoms with Gasteiger partial charge in [0.25, 0.3) is 0 Å². The fourth-order valence-corrected chi connectivity index (χ4v) is 4.31. The Morgan fingerprint density at radius 1 is 0.667 bits per heavy atom. The number of hydrogen-bond acceptors (Lipinski definition) is 2. The molecule has 134 valence electrons. The smallest absolute Gasteiger partial charge is 0.238 e. The number of ether oxygens (including phenoxy) is 2. The lowest BCUT2D eigenvalue weighted by Gasteiger charge is -2.36. The van der Waals surface area contributed by atoms with Crippen molar-refractivity contribution in [3.05, 3.63) is 113 Å². The summed E-state index contributed by atoms with van der Waals surface area (Å²) in [5.41, 5.74) is 2.83. The maximum absolute atomic E-state index is 6.84. The van der Waals surface area contributed by atoms with Crippen LogP contribution in [0.4, 0.5) is 0 Å². The van der Waals surface area contributed by atoms with Gasteiger partial charge in [0.1, 0.15) is 5.76 Å². The Hall–Kier alpha value is -2.84. The lowest BCUT2D eigenvalue weighted by atomic mass is 9.83. The SMILES string of the molecule is C(=C1/O[C@@]2(c3ccccc3)CCC[C@]1(c1ccccc1)O2)/c1ccccc1. The third-order valence-electron chi connectivity index (χ3n) is 5.60. The summed E-state index contributed by atoms with van der Waals surface area (Å²) in [4.78, 5) is 0. The van der Waals surface area contributed by atoms with E-state index in [0.717, 1.165) is 41.7 Å². The van der Waals surface area contributed by atoms with Gasteiger partial charge >= 0.3 is 0 Å². The van der Waals surface area contributed by atoms with E-state index in [1.54, 1.807) is 0 Å². The van der Waals surface area contributed by atoms with Crippen LogP contribution < -0.4 is 0 Å². The van der Waals surface area contributed by atoms with E-state index >= 15 is 0 Å². The van der Waals surface area contributed by atoms with Crippen molar-refractivity contribution >= 4 is 6.08 Å². The largest absolute Gasteiger partial charge is 0.459 e. The normalized spacial score (nSPS) is 28.1. The highest BCUT2D eigenvalue weighted by atomic mass is 16.8. The van der Waals surface area contributed by atoms with Crippen LogP contribution in [0.1, 0.15) is 36.0 Å². The van der Waals surface area contributed by atoms with Gasteiger partial charge in [-0.05, 0) is 30.0 Å². The number of fused-ring (bicyclic) bond motifs is 2. The first-order valence-electron chi connectivity index (χ1n) is 9.58. The Kier molecular flexibility index (Phi) is 3.87. The average molecular weight is 354 g/mol. The average Bonchev–Trinajstić information content (AvgIpc) is 2.98. The molecule has 2 heterocycles. The van der Waals surface area contributed by atoms with Crippen molar-refractivity contribution in [2.24, 2.45) is 0 Å². The maximum Gasteiger partial charge on any atom is 0.238 e. The van der Waals surface area contributed by atoms with Gasteiger partial charge in [-0.3, -0.25) is 0 Å². The predicted octanol–water partition coefficient (Wildman–Crippen LogP) is 6.01. The first-order chi connectivity index (χ1) is 13.3. The Bertz CT molecular complexity index is 949. The van der Waals surface area contributed by atoms with Crippen molar-refractivity contribution in [2.75, 3.05) is 0 Å². The van der Waals surface area contributed by atoms with E-state index in [1.807, 2.05) is 18.2 Å². The molecule has 2 atom stereocenters. The van der Waals surface area contributed by atoms with Gasteiger partial charge in [-0.2, -0.15) is 0 Å². The van der Waals surface area contributed by atoms with Crippen LogP contribution >= 0.6 is 0 Å². The summed E-state index contributed by atoms with van der Waals surface area (Å²) in [5.74, 6) is 0.192. The van der Waals surface area contributed by atoms with E-state index < -0.39 is 11.4 Å². The van der Waals surface area contributed by atoms with Crippen molar-refractivity contribution in [1.29, 1.82) is 0 Å². The molecule has 0 amide bonds. The van der Waals surface area contributed by atoms with Crippen LogP contribution in [-0.2, 0) is 20.9 Å². The number of hydrogen-bond donors (Lipinski definition) is 0. The van der Waals surface area contributed by atoms with Gasteiger partial charge in [-0.15, -0.1) is 0 Å². The standard InChI is InChI=1S/C25H22O2/c1-4-11-20(12-5-1)19-23-24(21-13-6-2-7-14-21)17-10-18-25(26-23,27-24)22-15-8-3-9-16-22/h1-9,11-16,19H,10,17-18H2/b23-19-/t24-,25+/m1/s1. The van der Waals surface area contributed by atoms with Gasteiger partial charge in [0.2, 0.25) is 5.79 Å². The van der Waals surface area contributed by atoms with Gasteiger partial charge in [0.05, 0.1) is 0 Å². The van der Waals surface area contributed by atoms with Gasteiger partial charge in [0, 0.05) is 12.0 Å². The molecule has 0 N–H and O–H groups in total. The summed E-state index contributed by atoms with van der Waals surface area (Å²) in [7, 11) is 0. The Morgan fingerprint density at radius 2 is 1.26 bits per heavy atom. The molecule has 2 bridgehead atoms. The van der Waals surface area contributed by atoms with Crippen molar-refractivity contribution in [2.45, 2.75) is 30.7 Å². The zero-order chi connectivity index (χ0) is 18.2. The minimum Gasteiger partial charge on any atom is -0.459 e. The third kappa shape index (κ3) is 2.68. The fraction of sp³-hybridized carbons (Fsp3) is 0.200. The molecule has 0 aliphatic carbocycles. The van der Waals surface area contributed by atoms with Gasteiger partial charge in [-0.1, -0.05) is 91.0 Å². The second kappa shape index (κ2) is 6.40. The van der Waals surface area contributed by atoms with E-state index in [2.05, 4.69) is 78.9 Å². The fourth-order valence-electron chi connectivity index (χ4n) is 4.31. The molecule has 2 nitrogen and oxygen atoms in total. The molecule has 3 aromatic carbocycles. The summed E-state index contributed by atoms with van der Waals surface area (Å²) in [5, 5.41) is 0. The molecule has 0 radical (unpaired) electrons. The van der Waals surface area contributed by atoms with E-state index in [0.29, 0.717) is 0 Å². The van der Waals surface area contributed by atoms with Crippen LogP contribution in [-0.4, -0.2) is 0 Å². The lowest BCUT2D eigenvalue weighted by molar-refractivity contribution is -0.223. The minimum absolute atomic E-state index is 0.537. The van der Waals surface area contributed by atoms with Crippen molar-refractivity contribution in [3.8, 4) is 0 Å². The molecule has 2 aliphatic heterocycles. The van der Waals surface area contributed by atoms with E-state index in [4.69, 9.17) is 9.47 Å². The summed E-state index contributed by atoms with van der Waals surface area (Å²) in [6.45, 7) is 0. The summed E-state index contributed by atoms with van der Waals surface area (Å²) >= 11 is 0. The maximum atomic E-state index is 6.84. The third-order valence-corrected chi connectivity index (χ3v) is 5.60. The Morgan fingerprint density at radius 3 is 1.93 bits per heavy atom. The molecule has 0 unspecified atom stereocenters. The van der Waals surface area contributed by atoms with Crippen LogP contribution in [0.2, 0.25) is 0 Å². The van der Waals surface area contributed by atoms with Crippen LogP contribution in [0.25, 0.3) is 6.08 Å². The topological polar surface area (TPSA) is 18.5 Å². The quantitative estimate of drug-likeness (QED) is 0.574. The first-order valence-corrected chi connectivity index (χ1v) is 9.58. The van der Waals surface area contributed by atoms with Gasteiger partial charge < -0.3 is 9.47 Å². The number of rotatable bonds is 3. The van der Waals surface area contributed by atoms with Crippen LogP contribution in [0, 0.1) is 0 Å². The summed E-state index contributed by atoms with van der Waals surface area (Å²) < 4.78 is 13.5. The molecule has 5 rings (SSSR count). The number of benzene rings is 3. The molecule has 0 spiro atoms. The monoisotopic (exact) mass is 354 g/mol. The van der Waals surface area contributed by atoms with Crippen molar-refractivity contribution in [3.63, 3.8) is 0 Å². The Labute approximate surface area is 160 Å². The van der Waals surface area contributed by atoms with E-state index in [1.165, 1.54) is 0 Å². The molecule has 2 fully saturated rings. The second-order valence-electron chi connectivity index (χ2n) is 7.29. The molecule has 27 heavy (non-hydrogen) atoms. The van der Waals surface area contributed by atoms with E-state index in [9.17, 15) is 0 Å². The highest BCUT2D eigenvalue weighted by Gasteiger charge is 2.59. The van der Waals surface area contributed by atoms with Crippen LogP contribution in [0.15, 0.2) is 96.8 Å². The molecule has 2 heteroatoms. The van der Waals surface area contributed by atoms with Gasteiger partial charge in [-0.25, -0.2) is 0 Å². The molecular weight excluding hydrogens is 332 g/mol. The minimum atomic E-state index is -0.712. The predicted molar refractivity (Wildman–Crippen MR) is 107 cm³/mol. The zero-order valence-electron chi connectivity index (χ0n) is 15.2. The van der Waals surface area contributed by atoms with Gasteiger partial charge in [0.15, 0.2) is 5.60 Å². The second-order valence-corrected chi connectivity index (χ2v) is 7.29. The van der Waals surface area contributed by atoms with E-state index in [-0.39, 0.29) is 0 Å². The molecule has 0 aromatic heterocycles. The van der Waals surface area contributed by atoms with Crippen LogP contribution in [0.5, 0.6) is 0 Å². The molecule has 0 saturated carbocycles. The first kappa shape index (κ1) is 16.3. The van der Waals surface area contributed by atoms with Crippen molar-refractivity contribution in [1.82, 2.24) is 0 Å².